The standard InChI is InChI=1S/C15H21N3O3/c1-10(2)17-13(9-16)5-6-21-15-8-11(3)14(18(19)20)7-12(15)4/h7-8,10,13,17H,5-6H2,1-4H3. The highest BCUT2D eigenvalue weighted by molar-refractivity contribution is 5.49. The van der Waals surface area contributed by atoms with Crippen LogP contribution in [-0.2, 0) is 0 Å². The lowest BCUT2D eigenvalue weighted by atomic mass is 10.1. The van der Waals surface area contributed by atoms with Crippen molar-refractivity contribution in [1.29, 1.82) is 5.26 Å². The fraction of sp³-hybridized carbons (Fsp3) is 0.533. The fourth-order valence-electron chi connectivity index (χ4n) is 2.00. The lowest BCUT2D eigenvalue weighted by molar-refractivity contribution is -0.385. The van der Waals surface area contributed by atoms with Gasteiger partial charge in [-0.3, -0.25) is 15.4 Å². The van der Waals surface area contributed by atoms with Crippen LogP contribution in [0, 0.1) is 35.3 Å². The van der Waals surface area contributed by atoms with Crippen LogP contribution in [0.4, 0.5) is 5.69 Å². The second-order valence-corrected chi connectivity index (χ2v) is 5.30. The van der Waals surface area contributed by atoms with Crippen molar-refractivity contribution >= 4 is 5.69 Å². The smallest absolute Gasteiger partial charge is 0.272 e. The van der Waals surface area contributed by atoms with E-state index < -0.39 is 4.92 Å². The minimum atomic E-state index is -0.398. The summed E-state index contributed by atoms with van der Waals surface area (Å²) in [5.74, 6) is 0.624. The van der Waals surface area contributed by atoms with Crippen LogP contribution < -0.4 is 10.1 Å². The van der Waals surface area contributed by atoms with Gasteiger partial charge in [0.15, 0.2) is 0 Å². The Morgan fingerprint density at radius 3 is 2.57 bits per heavy atom. The zero-order valence-electron chi connectivity index (χ0n) is 12.8. The molecule has 1 unspecified atom stereocenters. The second kappa shape index (κ2) is 7.60. The monoisotopic (exact) mass is 291 g/mol. The number of nitro benzene ring substituents is 1. The molecule has 6 nitrogen and oxygen atoms in total. The maximum atomic E-state index is 10.9. The van der Waals surface area contributed by atoms with Crippen LogP contribution in [0.1, 0.15) is 31.4 Å². The molecule has 1 atom stereocenters. The van der Waals surface area contributed by atoms with Gasteiger partial charge in [0.2, 0.25) is 0 Å². The first-order chi connectivity index (χ1) is 9.85. The Kier molecular flexibility index (Phi) is 6.12. The number of aryl methyl sites for hydroxylation is 2. The molecule has 1 rings (SSSR count). The van der Waals surface area contributed by atoms with Crippen molar-refractivity contribution in [2.75, 3.05) is 6.61 Å². The van der Waals surface area contributed by atoms with E-state index in [0.717, 1.165) is 5.56 Å². The third kappa shape index (κ3) is 5.04. The summed E-state index contributed by atoms with van der Waals surface area (Å²) < 4.78 is 5.65. The molecule has 1 N–H and O–H groups in total. The topological polar surface area (TPSA) is 88.2 Å². The zero-order valence-corrected chi connectivity index (χ0v) is 12.8. The Bertz CT molecular complexity index is 550. The Morgan fingerprint density at radius 2 is 2.05 bits per heavy atom. The molecule has 0 aromatic heterocycles. The van der Waals surface area contributed by atoms with Crippen molar-refractivity contribution in [2.45, 2.75) is 46.2 Å². The number of nitrogens with one attached hydrogen (secondary N) is 1. The molecule has 21 heavy (non-hydrogen) atoms. The van der Waals surface area contributed by atoms with Crippen LogP contribution in [0.15, 0.2) is 12.1 Å². The summed E-state index contributed by atoms with van der Waals surface area (Å²) >= 11 is 0. The van der Waals surface area contributed by atoms with Gasteiger partial charge in [0, 0.05) is 24.1 Å². The van der Waals surface area contributed by atoms with Gasteiger partial charge in [0.1, 0.15) is 5.75 Å². The summed E-state index contributed by atoms with van der Waals surface area (Å²) in [7, 11) is 0. The number of hydrogen-bond donors (Lipinski definition) is 1. The molecule has 0 saturated heterocycles. The lowest BCUT2D eigenvalue weighted by Gasteiger charge is -2.15. The van der Waals surface area contributed by atoms with E-state index in [1.807, 2.05) is 13.8 Å². The predicted octanol–water partition coefficient (Wildman–Crippen LogP) is 2.87. The number of benzene rings is 1. The summed E-state index contributed by atoms with van der Waals surface area (Å²) in [6.07, 6.45) is 0.560. The first-order valence-corrected chi connectivity index (χ1v) is 6.89. The minimum absolute atomic E-state index is 0.0937. The van der Waals surface area contributed by atoms with Crippen molar-refractivity contribution in [3.63, 3.8) is 0 Å². The first kappa shape index (κ1) is 16.9. The lowest BCUT2D eigenvalue weighted by Crippen LogP contribution is -2.34. The Morgan fingerprint density at radius 1 is 1.38 bits per heavy atom. The fourth-order valence-corrected chi connectivity index (χ4v) is 2.00. The van der Waals surface area contributed by atoms with E-state index in [1.54, 1.807) is 19.9 Å². The molecule has 0 amide bonds. The molecule has 0 aliphatic rings. The molecule has 0 aliphatic heterocycles. The second-order valence-electron chi connectivity index (χ2n) is 5.30. The first-order valence-electron chi connectivity index (χ1n) is 6.89. The molecule has 0 aliphatic carbocycles. The average molecular weight is 291 g/mol. The van der Waals surface area contributed by atoms with Crippen LogP contribution in [0.2, 0.25) is 0 Å². The number of nitriles is 1. The number of nitro groups is 1. The number of nitrogens with zero attached hydrogens (tertiary/aromatic N) is 2. The third-order valence-corrected chi connectivity index (χ3v) is 3.04. The van der Waals surface area contributed by atoms with Crippen molar-refractivity contribution in [3.05, 3.63) is 33.4 Å². The van der Waals surface area contributed by atoms with Gasteiger partial charge in [-0.25, -0.2) is 0 Å². The number of ether oxygens (including phenoxy) is 1. The molecule has 6 heteroatoms. The predicted molar refractivity (Wildman–Crippen MR) is 80.4 cm³/mol. The normalized spacial score (nSPS) is 12.0. The van der Waals surface area contributed by atoms with Gasteiger partial charge in [-0.05, 0) is 39.3 Å². The minimum Gasteiger partial charge on any atom is -0.493 e. The van der Waals surface area contributed by atoms with Crippen LogP contribution in [-0.4, -0.2) is 23.6 Å². The SMILES string of the molecule is Cc1cc([N+](=O)[O-])c(C)cc1OCCC(C#N)NC(C)C. The van der Waals surface area contributed by atoms with E-state index in [2.05, 4.69) is 11.4 Å². The highest BCUT2D eigenvalue weighted by Crippen LogP contribution is 2.27. The molecule has 0 bridgehead atoms. The molecule has 0 spiro atoms. The molecule has 0 radical (unpaired) electrons. The summed E-state index contributed by atoms with van der Waals surface area (Å²) in [5.41, 5.74) is 1.38. The Labute approximate surface area is 124 Å². The van der Waals surface area contributed by atoms with Crippen molar-refractivity contribution in [1.82, 2.24) is 5.32 Å². The molecule has 0 heterocycles. The van der Waals surface area contributed by atoms with E-state index in [1.165, 1.54) is 6.07 Å². The quantitative estimate of drug-likeness (QED) is 0.616. The maximum absolute atomic E-state index is 10.9. The summed E-state index contributed by atoms with van der Waals surface area (Å²) in [4.78, 5) is 10.5. The van der Waals surface area contributed by atoms with Gasteiger partial charge in [0.05, 0.1) is 23.6 Å². The van der Waals surface area contributed by atoms with Crippen molar-refractivity contribution in [3.8, 4) is 11.8 Å². The molecule has 0 fully saturated rings. The van der Waals surface area contributed by atoms with E-state index in [9.17, 15) is 10.1 Å². The molecule has 1 aromatic rings. The van der Waals surface area contributed by atoms with E-state index in [-0.39, 0.29) is 17.8 Å². The molecular weight excluding hydrogens is 270 g/mol. The molecule has 1 aromatic carbocycles. The van der Waals surface area contributed by atoms with Gasteiger partial charge in [-0.1, -0.05) is 0 Å². The highest BCUT2D eigenvalue weighted by Gasteiger charge is 2.14. The number of rotatable bonds is 7. The van der Waals surface area contributed by atoms with E-state index in [0.29, 0.717) is 24.3 Å². The Balaban J connectivity index is 2.66. The largest absolute Gasteiger partial charge is 0.493 e. The Hall–Kier alpha value is -2.13. The van der Waals surface area contributed by atoms with Crippen LogP contribution in [0.5, 0.6) is 5.75 Å². The number of hydrogen-bond acceptors (Lipinski definition) is 5. The zero-order chi connectivity index (χ0) is 16.0. The van der Waals surface area contributed by atoms with Gasteiger partial charge >= 0.3 is 0 Å². The summed E-state index contributed by atoms with van der Waals surface area (Å²) in [6.45, 7) is 7.80. The van der Waals surface area contributed by atoms with Gasteiger partial charge in [-0.2, -0.15) is 5.26 Å². The van der Waals surface area contributed by atoms with Gasteiger partial charge in [-0.15, -0.1) is 0 Å². The maximum Gasteiger partial charge on any atom is 0.272 e. The molecule has 0 saturated carbocycles. The third-order valence-electron chi connectivity index (χ3n) is 3.04. The van der Waals surface area contributed by atoms with E-state index >= 15 is 0 Å². The summed E-state index contributed by atoms with van der Waals surface area (Å²) in [5, 5.41) is 23.0. The average Bonchev–Trinajstić information content (AvgIpc) is 2.40. The highest BCUT2D eigenvalue weighted by atomic mass is 16.6. The molecule has 114 valence electrons. The van der Waals surface area contributed by atoms with E-state index in [4.69, 9.17) is 10.00 Å². The van der Waals surface area contributed by atoms with Crippen LogP contribution in [0.25, 0.3) is 0 Å². The van der Waals surface area contributed by atoms with Crippen molar-refractivity contribution in [2.24, 2.45) is 0 Å². The summed E-state index contributed by atoms with van der Waals surface area (Å²) in [6, 6.07) is 5.35. The van der Waals surface area contributed by atoms with Gasteiger partial charge in [0.25, 0.3) is 5.69 Å². The molecular formula is C15H21N3O3. The van der Waals surface area contributed by atoms with Crippen LogP contribution in [0.3, 0.4) is 0 Å². The van der Waals surface area contributed by atoms with Crippen LogP contribution >= 0.6 is 0 Å². The van der Waals surface area contributed by atoms with Crippen molar-refractivity contribution < 1.29 is 9.66 Å². The van der Waals surface area contributed by atoms with Gasteiger partial charge < -0.3 is 4.74 Å².